The standard InChI is InChI=1S/C10H22BrN/c1-3-4-5-6-7-8-12-10(2)9-11/h10,12H,3-9H2,1-2H3. The monoisotopic (exact) mass is 235 g/mol. The lowest BCUT2D eigenvalue weighted by Gasteiger charge is -2.09. The average Bonchev–Trinajstić information content (AvgIpc) is 2.10. The van der Waals surface area contributed by atoms with Gasteiger partial charge in [-0.05, 0) is 19.9 Å². The molecule has 0 fully saturated rings. The van der Waals surface area contributed by atoms with Gasteiger partial charge in [0.05, 0.1) is 0 Å². The molecule has 0 amide bonds. The maximum atomic E-state index is 3.46. The second-order valence-electron chi connectivity index (χ2n) is 3.42. The molecule has 0 radical (unpaired) electrons. The Labute approximate surface area is 85.4 Å². The van der Waals surface area contributed by atoms with Crippen molar-refractivity contribution >= 4 is 15.9 Å². The van der Waals surface area contributed by atoms with Crippen LogP contribution >= 0.6 is 15.9 Å². The van der Waals surface area contributed by atoms with Crippen LogP contribution in [0.25, 0.3) is 0 Å². The third-order valence-corrected chi connectivity index (χ3v) is 2.98. The summed E-state index contributed by atoms with van der Waals surface area (Å²) in [6.45, 7) is 5.64. The molecule has 0 saturated carbocycles. The topological polar surface area (TPSA) is 12.0 Å². The lowest BCUT2D eigenvalue weighted by molar-refractivity contribution is 0.545. The van der Waals surface area contributed by atoms with Gasteiger partial charge in [0.25, 0.3) is 0 Å². The van der Waals surface area contributed by atoms with Crippen molar-refractivity contribution in [3.63, 3.8) is 0 Å². The van der Waals surface area contributed by atoms with Crippen LogP contribution in [0.1, 0.15) is 46.0 Å². The lowest BCUT2D eigenvalue weighted by Crippen LogP contribution is -2.28. The molecule has 0 aliphatic heterocycles. The maximum absolute atomic E-state index is 3.46. The molecule has 1 unspecified atom stereocenters. The van der Waals surface area contributed by atoms with Crippen LogP contribution in [-0.2, 0) is 0 Å². The van der Waals surface area contributed by atoms with E-state index in [0.717, 1.165) is 5.33 Å². The van der Waals surface area contributed by atoms with E-state index in [0.29, 0.717) is 6.04 Å². The maximum Gasteiger partial charge on any atom is 0.0183 e. The van der Waals surface area contributed by atoms with Gasteiger partial charge in [-0.15, -0.1) is 0 Å². The zero-order valence-electron chi connectivity index (χ0n) is 8.41. The summed E-state index contributed by atoms with van der Waals surface area (Å²) in [5.74, 6) is 0. The van der Waals surface area contributed by atoms with Gasteiger partial charge < -0.3 is 5.32 Å². The van der Waals surface area contributed by atoms with Crippen molar-refractivity contribution < 1.29 is 0 Å². The van der Waals surface area contributed by atoms with Crippen molar-refractivity contribution in [2.24, 2.45) is 0 Å². The van der Waals surface area contributed by atoms with Crippen LogP contribution in [0.4, 0.5) is 0 Å². The fourth-order valence-corrected chi connectivity index (χ4v) is 1.36. The Morgan fingerprint density at radius 1 is 1.17 bits per heavy atom. The Kier molecular flexibility index (Phi) is 9.88. The first kappa shape index (κ1) is 12.4. The zero-order valence-corrected chi connectivity index (χ0v) is 9.99. The van der Waals surface area contributed by atoms with E-state index in [1.807, 2.05) is 0 Å². The van der Waals surface area contributed by atoms with Gasteiger partial charge in [0.15, 0.2) is 0 Å². The van der Waals surface area contributed by atoms with Crippen LogP contribution in [0, 0.1) is 0 Å². The van der Waals surface area contributed by atoms with Crippen LogP contribution < -0.4 is 5.32 Å². The molecule has 2 heteroatoms. The molecule has 1 nitrogen and oxygen atoms in total. The van der Waals surface area contributed by atoms with Gasteiger partial charge in [-0.3, -0.25) is 0 Å². The van der Waals surface area contributed by atoms with Crippen LogP contribution in [-0.4, -0.2) is 17.9 Å². The summed E-state index contributed by atoms with van der Waals surface area (Å²) in [4.78, 5) is 0. The second-order valence-corrected chi connectivity index (χ2v) is 4.07. The molecule has 0 heterocycles. The van der Waals surface area contributed by atoms with E-state index < -0.39 is 0 Å². The molecule has 0 rings (SSSR count). The molecule has 0 aliphatic carbocycles. The van der Waals surface area contributed by atoms with E-state index in [-0.39, 0.29) is 0 Å². The summed E-state index contributed by atoms with van der Waals surface area (Å²) in [5, 5.41) is 4.52. The number of hydrogen-bond acceptors (Lipinski definition) is 1. The van der Waals surface area contributed by atoms with E-state index in [1.54, 1.807) is 0 Å². The minimum atomic E-state index is 0.621. The van der Waals surface area contributed by atoms with Crippen LogP contribution in [0.2, 0.25) is 0 Å². The predicted molar refractivity (Wildman–Crippen MR) is 60.0 cm³/mol. The summed E-state index contributed by atoms with van der Waals surface area (Å²) in [6.07, 6.45) is 6.85. The molecule has 1 N–H and O–H groups in total. The van der Waals surface area contributed by atoms with Gasteiger partial charge in [-0.1, -0.05) is 48.5 Å². The van der Waals surface area contributed by atoms with E-state index in [1.165, 1.54) is 38.6 Å². The van der Waals surface area contributed by atoms with E-state index in [9.17, 15) is 0 Å². The van der Waals surface area contributed by atoms with Crippen LogP contribution in [0.15, 0.2) is 0 Å². The number of halogens is 1. The summed E-state index contributed by atoms with van der Waals surface area (Å²) in [6, 6.07) is 0.621. The molecule has 12 heavy (non-hydrogen) atoms. The lowest BCUT2D eigenvalue weighted by atomic mass is 10.1. The van der Waals surface area contributed by atoms with E-state index in [2.05, 4.69) is 35.1 Å². The molecule has 0 bridgehead atoms. The number of hydrogen-bond donors (Lipinski definition) is 1. The average molecular weight is 236 g/mol. The highest BCUT2D eigenvalue weighted by Gasteiger charge is 1.96. The second kappa shape index (κ2) is 9.53. The minimum absolute atomic E-state index is 0.621. The van der Waals surface area contributed by atoms with Crippen molar-refractivity contribution in [3.8, 4) is 0 Å². The molecule has 0 aliphatic rings. The van der Waals surface area contributed by atoms with Crippen molar-refractivity contribution in [2.75, 3.05) is 11.9 Å². The molecule has 0 spiro atoms. The van der Waals surface area contributed by atoms with Gasteiger partial charge in [0, 0.05) is 11.4 Å². The third kappa shape index (κ3) is 8.54. The van der Waals surface area contributed by atoms with Crippen molar-refractivity contribution in [3.05, 3.63) is 0 Å². The summed E-state index contributed by atoms with van der Waals surface area (Å²) in [7, 11) is 0. The molecular weight excluding hydrogens is 214 g/mol. The van der Waals surface area contributed by atoms with Crippen LogP contribution in [0.3, 0.4) is 0 Å². The Morgan fingerprint density at radius 3 is 2.42 bits per heavy atom. The number of unbranched alkanes of at least 4 members (excludes halogenated alkanes) is 4. The Hall–Kier alpha value is 0.440. The van der Waals surface area contributed by atoms with E-state index >= 15 is 0 Å². The first-order valence-electron chi connectivity index (χ1n) is 5.10. The fraction of sp³-hybridized carbons (Fsp3) is 1.00. The number of nitrogens with one attached hydrogen (secondary N) is 1. The normalized spacial score (nSPS) is 13.2. The largest absolute Gasteiger partial charge is 0.313 e. The molecule has 0 saturated heterocycles. The third-order valence-electron chi connectivity index (χ3n) is 2.00. The highest BCUT2D eigenvalue weighted by atomic mass is 79.9. The zero-order chi connectivity index (χ0) is 9.23. The minimum Gasteiger partial charge on any atom is -0.313 e. The highest BCUT2D eigenvalue weighted by molar-refractivity contribution is 9.09. The quantitative estimate of drug-likeness (QED) is 0.503. The summed E-state index contributed by atoms with van der Waals surface area (Å²) >= 11 is 3.45. The Balaban J connectivity index is 2.90. The summed E-state index contributed by atoms with van der Waals surface area (Å²) < 4.78 is 0. The van der Waals surface area contributed by atoms with Gasteiger partial charge in [-0.25, -0.2) is 0 Å². The smallest absolute Gasteiger partial charge is 0.0183 e. The molecule has 74 valence electrons. The molecule has 1 atom stereocenters. The fourth-order valence-electron chi connectivity index (χ4n) is 1.13. The number of alkyl halides is 1. The van der Waals surface area contributed by atoms with Gasteiger partial charge in [-0.2, -0.15) is 0 Å². The van der Waals surface area contributed by atoms with Crippen molar-refractivity contribution in [2.45, 2.75) is 52.0 Å². The van der Waals surface area contributed by atoms with Crippen molar-refractivity contribution in [1.82, 2.24) is 5.32 Å². The first-order valence-corrected chi connectivity index (χ1v) is 6.22. The molecule has 0 aromatic rings. The SMILES string of the molecule is CCCCCCCNC(C)CBr. The first-order chi connectivity index (χ1) is 5.81. The predicted octanol–water partition coefficient (Wildman–Crippen LogP) is 3.33. The van der Waals surface area contributed by atoms with Crippen LogP contribution in [0.5, 0.6) is 0 Å². The van der Waals surface area contributed by atoms with Gasteiger partial charge >= 0.3 is 0 Å². The Bertz CT molecular complexity index is 85.9. The molecule has 0 aromatic heterocycles. The Morgan fingerprint density at radius 2 is 1.83 bits per heavy atom. The number of rotatable bonds is 8. The van der Waals surface area contributed by atoms with Gasteiger partial charge in [0.2, 0.25) is 0 Å². The van der Waals surface area contributed by atoms with E-state index in [4.69, 9.17) is 0 Å². The molecule has 0 aromatic carbocycles. The molecular formula is C10H22BrN. The van der Waals surface area contributed by atoms with Gasteiger partial charge in [0.1, 0.15) is 0 Å². The van der Waals surface area contributed by atoms with Crippen molar-refractivity contribution in [1.29, 1.82) is 0 Å². The highest BCUT2D eigenvalue weighted by Crippen LogP contribution is 2.01. The summed E-state index contributed by atoms with van der Waals surface area (Å²) in [5.41, 5.74) is 0.